The van der Waals surface area contributed by atoms with Crippen LogP contribution in [0.15, 0.2) is 60.7 Å². The molecule has 0 saturated heterocycles. The summed E-state index contributed by atoms with van der Waals surface area (Å²) in [6, 6.07) is 12.8. The van der Waals surface area contributed by atoms with E-state index in [1.54, 1.807) is 0 Å². The second-order valence-corrected chi connectivity index (χ2v) is 5.92. The number of aliphatic carboxylic acids is 2. The lowest BCUT2D eigenvalue weighted by Crippen LogP contribution is -2.71. The van der Waals surface area contributed by atoms with Crippen LogP contribution >= 0.6 is 0 Å². The molecule has 9 nitrogen and oxygen atoms in total. The number of carboxylic acid groups (broad SMARTS) is 2. The van der Waals surface area contributed by atoms with E-state index >= 15 is 0 Å². The minimum absolute atomic E-state index is 0.391. The van der Waals surface area contributed by atoms with Gasteiger partial charge in [-0.2, -0.15) is 0 Å². The molecule has 0 heterocycles. The van der Waals surface area contributed by atoms with Gasteiger partial charge in [-0.25, -0.2) is 9.59 Å². The highest BCUT2D eigenvalue weighted by molar-refractivity contribution is 6.28. The summed E-state index contributed by atoms with van der Waals surface area (Å²) >= 11 is 0. The Kier molecular flexibility index (Phi) is 7.90. The van der Waals surface area contributed by atoms with Crippen LogP contribution in [0.1, 0.15) is 20.7 Å². The first-order chi connectivity index (χ1) is 13.6. The van der Waals surface area contributed by atoms with Gasteiger partial charge in [0.25, 0.3) is 11.2 Å². The standard InChI is InChI=1S/C18H14O8.C2H7N/c19-13(11-7-3-1-4-8-11)17(25,15(21)22)18(26,16(23)24)14(20)12-9-5-2-6-10-12;1-3-2/h1-10,25-26H,(H,21,22)(H,23,24);3H,1-2H3/t17-,18-;/m0./s1. The predicted octanol–water partition coefficient (Wildman–Crippen LogP) is 0.219. The SMILES string of the molecule is CNC.O=C(O)[C@@](O)(C(=O)c1ccccc1)[C@@](O)(C(=O)O)C(=O)c1ccccc1. The summed E-state index contributed by atoms with van der Waals surface area (Å²) in [5, 5.41) is 42.6. The second kappa shape index (κ2) is 9.69. The molecule has 0 aliphatic rings. The quantitative estimate of drug-likeness (QED) is 0.322. The van der Waals surface area contributed by atoms with Crippen molar-refractivity contribution in [3.05, 3.63) is 71.8 Å². The average molecular weight is 403 g/mol. The van der Waals surface area contributed by atoms with E-state index in [9.17, 15) is 39.6 Å². The lowest BCUT2D eigenvalue weighted by Gasteiger charge is -2.34. The predicted molar refractivity (Wildman–Crippen MR) is 102 cm³/mol. The molecule has 2 aromatic rings. The number of ketones is 2. The number of Topliss-reactive ketones (excluding diaryl/α,β-unsaturated/α-hetero) is 2. The zero-order chi connectivity index (χ0) is 22.2. The maximum Gasteiger partial charge on any atom is 0.348 e. The van der Waals surface area contributed by atoms with Gasteiger partial charge in [-0.1, -0.05) is 60.7 Å². The topological polar surface area (TPSA) is 161 Å². The first kappa shape index (κ1) is 23.6. The summed E-state index contributed by atoms with van der Waals surface area (Å²) in [6.45, 7) is 0. The van der Waals surface area contributed by atoms with Crippen LogP contribution in [0.5, 0.6) is 0 Å². The number of benzene rings is 2. The fourth-order valence-corrected chi connectivity index (χ4v) is 2.43. The van der Waals surface area contributed by atoms with Gasteiger partial charge in [0.05, 0.1) is 0 Å². The number of hydrogen-bond acceptors (Lipinski definition) is 7. The highest BCUT2D eigenvalue weighted by atomic mass is 16.5. The van der Waals surface area contributed by atoms with E-state index in [1.165, 1.54) is 36.4 Å². The van der Waals surface area contributed by atoms with Crippen LogP contribution in [0.3, 0.4) is 0 Å². The summed E-state index contributed by atoms with van der Waals surface area (Å²) in [6.07, 6.45) is 0. The summed E-state index contributed by atoms with van der Waals surface area (Å²) in [5.41, 5.74) is -8.68. The minimum atomic E-state index is -3.95. The number of carbonyl (C=O) groups is 4. The van der Waals surface area contributed by atoms with Gasteiger partial charge in [0, 0.05) is 11.1 Å². The Hall–Kier alpha value is -3.40. The molecule has 0 aliphatic heterocycles. The smallest absolute Gasteiger partial charge is 0.348 e. The Labute approximate surface area is 166 Å². The van der Waals surface area contributed by atoms with Crippen LogP contribution in [0.4, 0.5) is 0 Å². The Bertz CT molecular complexity index is 810. The Morgan fingerprint density at radius 1 is 0.655 bits per heavy atom. The molecule has 29 heavy (non-hydrogen) atoms. The fourth-order valence-electron chi connectivity index (χ4n) is 2.43. The summed E-state index contributed by atoms with van der Waals surface area (Å²) in [5.74, 6) is -8.03. The molecule has 9 heteroatoms. The molecule has 2 atom stereocenters. The van der Waals surface area contributed by atoms with E-state index in [4.69, 9.17) is 0 Å². The van der Waals surface area contributed by atoms with Gasteiger partial charge in [-0.3, -0.25) is 9.59 Å². The molecule has 0 aromatic heterocycles. The minimum Gasteiger partial charge on any atom is -0.479 e. The summed E-state index contributed by atoms with van der Waals surface area (Å²) in [7, 11) is 3.75. The molecule has 0 fully saturated rings. The van der Waals surface area contributed by atoms with Crippen molar-refractivity contribution in [1.29, 1.82) is 0 Å². The Morgan fingerprint density at radius 3 is 1.10 bits per heavy atom. The van der Waals surface area contributed by atoms with Crippen molar-refractivity contribution in [2.24, 2.45) is 0 Å². The molecule has 2 rings (SSSR count). The van der Waals surface area contributed by atoms with Gasteiger partial charge in [0.15, 0.2) is 0 Å². The Balaban J connectivity index is 0.00000132. The van der Waals surface area contributed by atoms with Crippen LogP contribution in [-0.4, -0.2) is 69.2 Å². The van der Waals surface area contributed by atoms with E-state index in [1.807, 2.05) is 14.1 Å². The van der Waals surface area contributed by atoms with Crippen LogP contribution in [-0.2, 0) is 9.59 Å². The third-order valence-electron chi connectivity index (χ3n) is 3.87. The zero-order valence-corrected chi connectivity index (χ0v) is 15.7. The first-order valence-corrected chi connectivity index (χ1v) is 8.28. The number of aliphatic hydroxyl groups is 2. The molecule has 0 radical (unpaired) electrons. The fraction of sp³-hybridized carbons (Fsp3) is 0.200. The maximum atomic E-state index is 12.6. The number of hydrogen-bond donors (Lipinski definition) is 5. The molecule has 5 N–H and O–H groups in total. The van der Waals surface area contributed by atoms with Crippen molar-refractivity contribution >= 4 is 23.5 Å². The van der Waals surface area contributed by atoms with Crippen molar-refractivity contribution in [3.8, 4) is 0 Å². The average Bonchev–Trinajstić information content (AvgIpc) is 2.72. The van der Waals surface area contributed by atoms with Gasteiger partial charge in [-0.15, -0.1) is 0 Å². The van der Waals surface area contributed by atoms with E-state index in [0.717, 1.165) is 24.3 Å². The van der Waals surface area contributed by atoms with Crippen LogP contribution in [0.25, 0.3) is 0 Å². The van der Waals surface area contributed by atoms with Crippen molar-refractivity contribution in [2.75, 3.05) is 14.1 Å². The van der Waals surface area contributed by atoms with Crippen LogP contribution in [0, 0.1) is 0 Å². The first-order valence-electron chi connectivity index (χ1n) is 8.28. The molecular weight excluding hydrogens is 382 g/mol. The van der Waals surface area contributed by atoms with Crippen LogP contribution < -0.4 is 5.32 Å². The van der Waals surface area contributed by atoms with Crippen molar-refractivity contribution in [3.63, 3.8) is 0 Å². The zero-order valence-electron chi connectivity index (χ0n) is 15.7. The van der Waals surface area contributed by atoms with Gasteiger partial charge in [0.1, 0.15) is 0 Å². The van der Waals surface area contributed by atoms with Crippen molar-refractivity contribution in [1.82, 2.24) is 5.32 Å². The Morgan fingerprint density at radius 2 is 0.897 bits per heavy atom. The van der Waals surface area contributed by atoms with E-state index in [-0.39, 0.29) is 0 Å². The third-order valence-corrected chi connectivity index (χ3v) is 3.87. The van der Waals surface area contributed by atoms with Gasteiger partial charge >= 0.3 is 11.9 Å². The number of nitrogens with one attached hydrogen (secondary N) is 1. The van der Waals surface area contributed by atoms with Gasteiger partial charge in [-0.05, 0) is 14.1 Å². The van der Waals surface area contributed by atoms with Crippen molar-refractivity contribution in [2.45, 2.75) is 11.2 Å². The van der Waals surface area contributed by atoms with Gasteiger partial charge in [0.2, 0.25) is 11.6 Å². The second-order valence-electron chi connectivity index (χ2n) is 5.92. The van der Waals surface area contributed by atoms with E-state index in [0.29, 0.717) is 0 Å². The number of carboxylic acids is 2. The molecule has 0 aliphatic carbocycles. The largest absolute Gasteiger partial charge is 0.479 e. The molecule has 0 saturated carbocycles. The molecular formula is C20H21NO8. The molecule has 0 bridgehead atoms. The molecule has 0 spiro atoms. The van der Waals surface area contributed by atoms with Gasteiger partial charge < -0.3 is 25.7 Å². The molecule has 0 amide bonds. The van der Waals surface area contributed by atoms with E-state index < -0.39 is 45.8 Å². The third kappa shape index (κ3) is 4.37. The molecule has 154 valence electrons. The highest BCUT2D eigenvalue weighted by Crippen LogP contribution is 2.31. The molecule has 2 aromatic carbocycles. The lowest BCUT2D eigenvalue weighted by atomic mass is 9.73. The normalized spacial score (nSPS) is 14.3. The number of rotatable bonds is 7. The maximum absolute atomic E-state index is 12.6. The van der Waals surface area contributed by atoms with E-state index in [2.05, 4.69) is 5.32 Å². The lowest BCUT2D eigenvalue weighted by molar-refractivity contribution is -0.187. The summed E-state index contributed by atoms with van der Waals surface area (Å²) < 4.78 is 0. The monoisotopic (exact) mass is 403 g/mol. The number of carbonyl (C=O) groups excluding carboxylic acids is 2. The highest BCUT2D eigenvalue weighted by Gasteiger charge is 2.69. The molecule has 0 unspecified atom stereocenters. The summed E-state index contributed by atoms with van der Waals surface area (Å²) in [4.78, 5) is 48.5. The van der Waals surface area contributed by atoms with Crippen molar-refractivity contribution < 1.29 is 39.6 Å². The van der Waals surface area contributed by atoms with Crippen LogP contribution in [0.2, 0.25) is 0 Å².